The Balaban J connectivity index is 2.28. The van der Waals surface area contributed by atoms with E-state index in [1.54, 1.807) is 11.3 Å². The van der Waals surface area contributed by atoms with Crippen LogP contribution in [0, 0.1) is 11.4 Å². The van der Waals surface area contributed by atoms with Crippen LogP contribution in [0.3, 0.4) is 0 Å². The highest BCUT2D eigenvalue weighted by molar-refractivity contribution is 7.16. The number of thiazole rings is 1. The van der Waals surface area contributed by atoms with Crippen molar-refractivity contribution in [1.82, 2.24) is 4.57 Å². The molecule has 0 radical (unpaired) electrons. The normalized spacial score (nSPS) is 13.0. The maximum absolute atomic E-state index is 7.69. The first-order valence-corrected chi connectivity index (χ1v) is 14.2. The highest BCUT2D eigenvalue weighted by atomic mass is 32.1. The van der Waals surface area contributed by atoms with Gasteiger partial charge in [0.25, 0.3) is 0 Å². The number of fused-ring (bicyclic) bond motifs is 1. The zero-order valence-corrected chi connectivity index (χ0v) is 22.3. The summed E-state index contributed by atoms with van der Waals surface area (Å²) in [4.78, 5) is 6.05. The number of hydrogen-bond donors (Lipinski definition) is 1. The quantitative estimate of drug-likeness (QED) is 0.170. The van der Waals surface area contributed by atoms with Gasteiger partial charge in [0.2, 0.25) is 0 Å². The molecule has 2 aromatic rings. The van der Waals surface area contributed by atoms with Crippen LogP contribution in [0.15, 0.2) is 22.2 Å². The van der Waals surface area contributed by atoms with Crippen LogP contribution in [0.5, 0.6) is 5.75 Å². The molecule has 0 aliphatic rings. The number of benzene rings is 1. The van der Waals surface area contributed by atoms with Crippen LogP contribution < -0.4 is 9.54 Å². The standard InChI is InChI=1S/C27H46N4OS/c1-5-9-12-13-14-15-18-32-25-20-24-26(19-23(25)30-28)33-27(29-17-11-7-3)31(24)21-22(8-4)16-10-6-2/h19-20,22,28H,5-18,21H2,1-4H3. The van der Waals surface area contributed by atoms with Crippen molar-refractivity contribution < 1.29 is 4.74 Å². The first kappa shape index (κ1) is 27.6. The Kier molecular flexibility index (Phi) is 13.4. The molecule has 2 rings (SSSR count). The van der Waals surface area contributed by atoms with E-state index in [0.29, 0.717) is 18.2 Å². The number of hydrogen-bond acceptors (Lipinski definition) is 5. The van der Waals surface area contributed by atoms with Gasteiger partial charge in [-0.2, -0.15) is 5.11 Å². The molecule has 6 heteroatoms. The molecule has 186 valence electrons. The molecule has 0 aliphatic carbocycles. The largest absolute Gasteiger partial charge is 0.491 e. The summed E-state index contributed by atoms with van der Waals surface area (Å²) in [6.07, 6.45) is 14.6. The second-order valence-corrected chi connectivity index (χ2v) is 10.2. The summed E-state index contributed by atoms with van der Waals surface area (Å²) in [5.41, 5.74) is 9.49. The van der Waals surface area contributed by atoms with E-state index >= 15 is 0 Å². The summed E-state index contributed by atoms with van der Waals surface area (Å²) in [5.74, 6) is 1.39. The molecular formula is C27H46N4OS. The molecule has 33 heavy (non-hydrogen) atoms. The predicted octanol–water partition coefficient (Wildman–Crippen LogP) is 9.02. The third kappa shape index (κ3) is 8.88. The SMILES string of the molecule is CCCCCCCCOc1cc2c(cc1N=N)sc(=NCCCC)n2CC(CC)CCCC. The van der Waals surface area contributed by atoms with Crippen LogP contribution in [0.4, 0.5) is 5.69 Å². The Morgan fingerprint density at radius 1 is 0.939 bits per heavy atom. The smallest absolute Gasteiger partial charge is 0.185 e. The maximum atomic E-state index is 7.69. The zero-order valence-electron chi connectivity index (χ0n) is 21.5. The number of ether oxygens (including phenoxy) is 1. The van der Waals surface area contributed by atoms with Crippen molar-refractivity contribution in [2.75, 3.05) is 13.2 Å². The number of nitrogens with zero attached hydrogens (tertiary/aromatic N) is 3. The van der Waals surface area contributed by atoms with E-state index < -0.39 is 0 Å². The Morgan fingerprint density at radius 3 is 2.36 bits per heavy atom. The van der Waals surface area contributed by atoms with Crippen molar-refractivity contribution in [3.8, 4) is 5.75 Å². The van der Waals surface area contributed by atoms with E-state index in [1.165, 1.54) is 63.3 Å². The molecule has 0 saturated heterocycles. The second kappa shape index (κ2) is 16.0. The van der Waals surface area contributed by atoms with Gasteiger partial charge in [0.15, 0.2) is 4.80 Å². The minimum absolute atomic E-state index is 0.625. The molecule has 1 N–H and O–H groups in total. The Hall–Kier alpha value is -1.69. The van der Waals surface area contributed by atoms with Crippen LogP contribution in [0.2, 0.25) is 0 Å². The Morgan fingerprint density at radius 2 is 1.67 bits per heavy atom. The van der Waals surface area contributed by atoms with Crippen molar-refractivity contribution in [2.24, 2.45) is 16.0 Å². The van der Waals surface area contributed by atoms with E-state index in [1.807, 2.05) is 6.07 Å². The maximum Gasteiger partial charge on any atom is 0.185 e. The monoisotopic (exact) mass is 474 g/mol. The molecule has 0 spiro atoms. The van der Waals surface area contributed by atoms with E-state index in [0.717, 1.165) is 47.6 Å². The van der Waals surface area contributed by atoms with Gasteiger partial charge in [-0.15, -0.1) is 0 Å². The lowest BCUT2D eigenvalue weighted by molar-refractivity contribution is 0.305. The summed E-state index contributed by atoms with van der Waals surface area (Å²) in [5, 5.41) is 3.78. The van der Waals surface area contributed by atoms with Gasteiger partial charge in [-0.1, -0.05) is 96.8 Å². The molecule has 5 nitrogen and oxygen atoms in total. The topological polar surface area (TPSA) is 62.7 Å². The molecule has 0 amide bonds. The van der Waals surface area contributed by atoms with Gasteiger partial charge >= 0.3 is 0 Å². The Labute approximate surface area is 205 Å². The van der Waals surface area contributed by atoms with Crippen molar-refractivity contribution in [3.05, 3.63) is 16.9 Å². The fourth-order valence-corrected chi connectivity index (χ4v) is 5.24. The van der Waals surface area contributed by atoms with Gasteiger partial charge < -0.3 is 9.30 Å². The molecule has 1 unspecified atom stereocenters. The fourth-order valence-electron chi connectivity index (χ4n) is 4.16. The van der Waals surface area contributed by atoms with Crippen molar-refractivity contribution in [1.29, 1.82) is 5.53 Å². The predicted molar refractivity (Wildman–Crippen MR) is 142 cm³/mol. The highest BCUT2D eigenvalue weighted by Crippen LogP contribution is 2.34. The lowest BCUT2D eigenvalue weighted by Gasteiger charge is -2.17. The average molecular weight is 475 g/mol. The molecular weight excluding hydrogens is 428 g/mol. The summed E-state index contributed by atoms with van der Waals surface area (Å²) in [6.45, 7) is 11.6. The van der Waals surface area contributed by atoms with Crippen LogP contribution >= 0.6 is 11.3 Å². The average Bonchev–Trinajstić information content (AvgIpc) is 3.16. The van der Waals surface area contributed by atoms with Gasteiger partial charge in [0, 0.05) is 19.2 Å². The fraction of sp³-hybridized carbons (Fsp3) is 0.741. The van der Waals surface area contributed by atoms with Gasteiger partial charge in [0.1, 0.15) is 11.4 Å². The van der Waals surface area contributed by atoms with Gasteiger partial charge in [-0.3, -0.25) is 4.99 Å². The lowest BCUT2D eigenvalue weighted by Crippen LogP contribution is -2.20. The summed E-state index contributed by atoms with van der Waals surface area (Å²) in [6, 6.07) is 4.13. The van der Waals surface area contributed by atoms with Crippen LogP contribution in [-0.4, -0.2) is 17.7 Å². The summed E-state index contributed by atoms with van der Waals surface area (Å²) in [7, 11) is 0. The lowest BCUT2D eigenvalue weighted by atomic mass is 9.99. The molecule has 0 aliphatic heterocycles. The molecule has 0 bridgehead atoms. The van der Waals surface area contributed by atoms with Crippen LogP contribution in [-0.2, 0) is 6.54 Å². The van der Waals surface area contributed by atoms with Crippen molar-refractivity contribution in [2.45, 2.75) is 111 Å². The highest BCUT2D eigenvalue weighted by Gasteiger charge is 2.15. The third-order valence-electron chi connectivity index (χ3n) is 6.38. The van der Waals surface area contributed by atoms with E-state index in [-0.39, 0.29) is 0 Å². The number of aromatic nitrogens is 1. The molecule has 1 atom stereocenters. The van der Waals surface area contributed by atoms with Crippen molar-refractivity contribution >= 4 is 27.2 Å². The van der Waals surface area contributed by atoms with E-state index in [4.69, 9.17) is 15.3 Å². The van der Waals surface area contributed by atoms with E-state index in [9.17, 15) is 0 Å². The van der Waals surface area contributed by atoms with Crippen molar-refractivity contribution in [3.63, 3.8) is 0 Å². The van der Waals surface area contributed by atoms with Crippen LogP contribution in [0.25, 0.3) is 10.2 Å². The summed E-state index contributed by atoms with van der Waals surface area (Å²) < 4.78 is 9.70. The minimum atomic E-state index is 0.625. The number of nitrogens with one attached hydrogen (secondary N) is 1. The van der Waals surface area contributed by atoms with E-state index in [2.05, 4.69) is 43.4 Å². The first-order chi connectivity index (χ1) is 16.2. The van der Waals surface area contributed by atoms with Gasteiger partial charge in [-0.25, -0.2) is 5.53 Å². The molecule has 1 aromatic carbocycles. The van der Waals surface area contributed by atoms with Gasteiger partial charge in [0.05, 0.1) is 16.8 Å². The molecule has 0 saturated carbocycles. The molecule has 1 heterocycles. The number of unbranched alkanes of at least 4 members (excludes halogenated alkanes) is 7. The molecule has 0 fully saturated rings. The number of rotatable bonds is 18. The summed E-state index contributed by atoms with van der Waals surface area (Å²) >= 11 is 1.73. The minimum Gasteiger partial charge on any atom is -0.491 e. The van der Waals surface area contributed by atoms with Crippen LogP contribution in [0.1, 0.15) is 105 Å². The Bertz CT molecular complexity index is 886. The zero-order chi connectivity index (χ0) is 23.9. The van der Waals surface area contributed by atoms with Gasteiger partial charge in [-0.05, 0) is 31.2 Å². The molecule has 1 aromatic heterocycles. The second-order valence-electron chi connectivity index (χ2n) is 9.16. The third-order valence-corrected chi connectivity index (χ3v) is 7.46. The first-order valence-electron chi connectivity index (χ1n) is 13.4.